The Morgan fingerprint density at radius 1 is 1.39 bits per heavy atom. The summed E-state index contributed by atoms with van der Waals surface area (Å²) in [4.78, 5) is 6.36. The first kappa shape index (κ1) is 22.4. The Hall–Kier alpha value is -1.87. The fraction of sp³-hybridized carbons (Fsp3) is 0.611. The van der Waals surface area contributed by atoms with Gasteiger partial charge in [0.25, 0.3) is 0 Å². The molecule has 0 radical (unpaired) electrons. The van der Waals surface area contributed by atoms with Crippen LogP contribution in [0.25, 0.3) is 0 Å². The number of hydrogen-bond acceptors (Lipinski definition) is 4. The molecule has 1 heterocycles. The molecule has 2 N–H and O–H groups in total. The molecule has 1 aliphatic heterocycles. The predicted octanol–water partition coefficient (Wildman–Crippen LogP) is 3.06. The molecule has 1 atom stereocenters. The number of rotatable bonds is 8. The average Bonchev–Trinajstić information content (AvgIpc) is 3.11. The molecule has 0 aromatic heterocycles. The lowest BCUT2D eigenvalue weighted by atomic mass is 10.2. The van der Waals surface area contributed by atoms with Crippen LogP contribution in [0.5, 0.6) is 5.75 Å². The minimum absolute atomic E-state index is 0.0370. The molecule has 1 unspecified atom stereocenters. The van der Waals surface area contributed by atoms with E-state index in [9.17, 15) is 13.2 Å². The molecular weight excluding hydrogens is 397 g/mol. The molecule has 28 heavy (non-hydrogen) atoms. The van der Waals surface area contributed by atoms with Crippen LogP contribution in [-0.2, 0) is 4.74 Å². The van der Waals surface area contributed by atoms with Gasteiger partial charge in [-0.3, -0.25) is 4.99 Å². The first-order valence-corrected chi connectivity index (χ1v) is 9.40. The number of ether oxygens (including phenoxy) is 2. The molecule has 0 amide bonds. The molecule has 0 bridgehead atoms. The van der Waals surface area contributed by atoms with Crippen molar-refractivity contribution >= 4 is 23.2 Å². The Kier molecular flexibility index (Phi) is 8.50. The Balaban J connectivity index is 1.75. The van der Waals surface area contributed by atoms with Gasteiger partial charge in [-0.2, -0.15) is 13.2 Å². The normalized spacial score (nSPS) is 17.7. The van der Waals surface area contributed by atoms with Crippen molar-refractivity contribution in [1.82, 2.24) is 10.6 Å². The van der Waals surface area contributed by atoms with Gasteiger partial charge in [0.1, 0.15) is 12.4 Å². The summed E-state index contributed by atoms with van der Waals surface area (Å²) in [7, 11) is 3.28. The lowest BCUT2D eigenvalue weighted by molar-refractivity contribution is -0.173. The van der Waals surface area contributed by atoms with Gasteiger partial charge in [0.2, 0.25) is 0 Å². The van der Waals surface area contributed by atoms with E-state index in [0.717, 1.165) is 30.9 Å². The number of methoxy groups -OCH3 is 1. The van der Waals surface area contributed by atoms with Crippen molar-refractivity contribution in [2.75, 3.05) is 51.9 Å². The quantitative estimate of drug-likeness (QED) is 0.383. The Labute approximate surface area is 168 Å². The smallest absolute Gasteiger partial charge is 0.411 e. The van der Waals surface area contributed by atoms with Gasteiger partial charge in [-0.05, 0) is 31.0 Å². The molecular formula is C18H26ClF3N4O2. The lowest BCUT2D eigenvalue weighted by Gasteiger charge is -2.22. The van der Waals surface area contributed by atoms with Crippen LogP contribution in [0.2, 0.25) is 5.02 Å². The van der Waals surface area contributed by atoms with E-state index < -0.39 is 12.8 Å². The number of guanidine groups is 1. The van der Waals surface area contributed by atoms with Crippen molar-refractivity contribution in [3.63, 3.8) is 0 Å². The average molecular weight is 423 g/mol. The van der Waals surface area contributed by atoms with Crippen LogP contribution in [0, 0.1) is 0 Å². The van der Waals surface area contributed by atoms with Gasteiger partial charge in [0, 0.05) is 44.4 Å². The molecule has 0 spiro atoms. The van der Waals surface area contributed by atoms with Gasteiger partial charge in [0.15, 0.2) is 5.96 Å². The largest absolute Gasteiger partial charge is 0.495 e. The van der Waals surface area contributed by atoms with Gasteiger partial charge in [-0.25, -0.2) is 0 Å². The minimum Gasteiger partial charge on any atom is -0.495 e. The molecule has 10 heteroatoms. The number of halogens is 4. The summed E-state index contributed by atoms with van der Waals surface area (Å²) in [5, 5.41) is 7.08. The second-order valence-electron chi connectivity index (χ2n) is 6.41. The van der Waals surface area contributed by atoms with Crippen molar-refractivity contribution in [2.45, 2.75) is 25.1 Å². The summed E-state index contributed by atoms with van der Waals surface area (Å²) >= 11 is 6.11. The maximum atomic E-state index is 12.0. The van der Waals surface area contributed by atoms with Gasteiger partial charge < -0.3 is 25.0 Å². The summed E-state index contributed by atoms with van der Waals surface area (Å²) in [5.41, 5.74) is 0.948. The van der Waals surface area contributed by atoms with Crippen molar-refractivity contribution in [2.24, 2.45) is 4.99 Å². The van der Waals surface area contributed by atoms with E-state index in [-0.39, 0.29) is 12.6 Å². The standard InChI is InChI=1S/C18H26ClF3N4O2/c1-23-17(24-7-3-9-28-12-18(20,21)22)25-14-6-8-26(11-14)15-10-13(19)4-5-16(15)27-2/h4-5,10,14H,3,6-9,11-12H2,1-2H3,(H2,23,24,25). The third kappa shape index (κ3) is 7.27. The zero-order valence-electron chi connectivity index (χ0n) is 16.0. The van der Waals surface area contributed by atoms with Crippen LogP contribution in [0.3, 0.4) is 0 Å². The molecule has 0 saturated carbocycles. The first-order valence-electron chi connectivity index (χ1n) is 9.02. The Morgan fingerprint density at radius 2 is 2.18 bits per heavy atom. The highest BCUT2D eigenvalue weighted by molar-refractivity contribution is 6.30. The van der Waals surface area contributed by atoms with Crippen LogP contribution >= 0.6 is 11.6 Å². The monoisotopic (exact) mass is 422 g/mol. The predicted molar refractivity (Wildman–Crippen MR) is 105 cm³/mol. The maximum absolute atomic E-state index is 12.0. The second kappa shape index (κ2) is 10.6. The first-order chi connectivity index (χ1) is 13.3. The summed E-state index contributed by atoms with van der Waals surface area (Å²) in [5.74, 6) is 1.38. The van der Waals surface area contributed by atoms with E-state index >= 15 is 0 Å². The molecule has 2 rings (SSSR count). The number of nitrogens with zero attached hydrogens (tertiary/aromatic N) is 2. The SMILES string of the molecule is CN=C(NCCCOCC(F)(F)F)NC1CCN(c2cc(Cl)ccc2OC)C1. The van der Waals surface area contributed by atoms with E-state index in [1.54, 1.807) is 20.2 Å². The number of alkyl halides is 3. The number of nitrogens with one attached hydrogen (secondary N) is 2. The minimum atomic E-state index is -4.29. The Bertz CT molecular complexity index is 658. The van der Waals surface area contributed by atoms with Gasteiger partial charge >= 0.3 is 6.18 Å². The molecule has 1 fully saturated rings. The third-order valence-corrected chi connectivity index (χ3v) is 4.49. The van der Waals surface area contributed by atoms with Crippen LogP contribution < -0.4 is 20.3 Å². The van der Waals surface area contributed by atoms with Gasteiger partial charge in [-0.15, -0.1) is 0 Å². The zero-order valence-corrected chi connectivity index (χ0v) is 16.7. The van der Waals surface area contributed by atoms with Crippen LogP contribution in [-0.4, -0.2) is 65.2 Å². The lowest BCUT2D eigenvalue weighted by Crippen LogP contribution is -2.45. The molecule has 0 aliphatic carbocycles. The highest BCUT2D eigenvalue weighted by Gasteiger charge is 2.27. The zero-order chi connectivity index (χ0) is 20.6. The molecule has 1 saturated heterocycles. The van der Waals surface area contributed by atoms with Crippen LogP contribution in [0.4, 0.5) is 18.9 Å². The summed E-state index contributed by atoms with van der Waals surface area (Å²) in [6.45, 7) is 0.888. The molecule has 6 nitrogen and oxygen atoms in total. The highest BCUT2D eigenvalue weighted by Crippen LogP contribution is 2.33. The van der Waals surface area contributed by atoms with Crippen LogP contribution in [0.1, 0.15) is 12.8 Å². The van der Waals surface area contributed by atoms with E-state index in [1.807, 2.05) is 12.1 Å². The topological polar surface area (TPSA) is 58.1 Å². The highest BCUT2D eigenvalue weighted by atomic mass is 35.5. The summed E-state index contributed by atoms with van der Waals surface area (Å²) < 4.78 is 46.0. The fourth-order valence-electron chi connectivity index (χ4n) is 2.96. The number of aliphatic imine (C=N–C) groups is 1. The van der Waals surface area contributed by atoms with Crippen molar-refractivity contribution in [3.05, 3.63) is 23.2 Å². The summed E-state index contributed by atoms with van der Waals surface area (Å²) in [6, 6.07) is 5.70. The van der Waals surface area contributed by atoms with Crippen molar-refractivity contribution < 1.29 is 22.6 Å². The number of hydrogen-bond donors (Lipinski definition) is 2. The van der Waals surface area contributed by atoms with E-state index in [4.69, 9.17) is 16.3 Å². The van der Waals surface area contributed by atoms with E-state index in [2.05, 4.69) is 25.3 Å². The van der Waals surface area contributed by atoms with E-state index in [1.165, 1.54) is 0 Å². The van der Waals surface area contributed by atoms with Crippen molar-refractivity contribution in [1.29, 1.82) is 0 Å². The molecule has 1 aliphatic rings. The molecule has 1 aromatic rings. The second-order valence-corrected chi connectivity index (χ2v) is 6.85. The Morgan fingerprint density at radius 3 is 2.86 bits per heavy atom. The number of anilines is 1. The molecule has 158 valence electrons. The fourth-order valence-corrected chi connectivity index (χ4v) is 3.13. The third-order valence-electron chi connectivity index (χ3n) is 4.26. The summed E-state index contributed by atoms with van der Waals surface area (Å²) in [6.07, 6.45) is -2.93. The van der Waals surface area contributed by atoms with Crippen LogP contribution in [0.15, 0.2) is 23.2 Å². The molecule has 1 aromatic carbocycles. The maximum Gasteiger partial charge on any atom is 0.411 e. The van der Waals surface area contributed by atoms with Gasteiger partial charge in [-0.1, -0.05) is 11.6 Å². The van der Waals surface area contributed by atoms with E-state index in [0.29, 0.717) is 23.9 Å². The van der Waals surface area contributed by atoms with Crippen molar-refractivity contribution in [3.8, 4) is 5.75 Å². The van der Waals surface area contributed by atoms with Gasteiger partial charge in [0.05, 0.1) is 12.8 Å². The number of benzene rings is 1.